The molecule has 0 saturated carbocycles. The molecule has 11 heteroatoms. The summed E-state index contributed by atoms with van der Waals surface area (Å²) < 4.78 is 30.1. The molecule has 1 saturated heterocycles. The number of nitriles is 1. The maximum atomic E-state index is 12.9. The Bertz CT molecular complexity index is 1310. The summed E-state index contributed by atoms with van der Waals surface area (Å²) >= 11 is 0. The topological polar surface area (TPSA) is 134 Å². The number of fused-ring (bicyclic) bond motifs is 1. The molecular formula is C20H20N6O4S. The van der Waals surface area contributed by atoms with Crippen LogP contribution in [0.3, 0.4) is 0 Å². The van der Waals surface area contributed by atoms with E-state index < -0.39 is 14.9 Å². The van der Waals surface area contributed by atoms with Crippen LogP contribution in [-0.2, 0) is 16.6 Å². The van der Waals surface area contributed by atoms with E-state index in [-0.39, 0.29) is 16.6 Å². The van der Waals surface area contributed by atoms with Gasteiger partial charge >= 0.3 is 0 Å². The van der Waals surface area contributed by atoms with Gasteiger partial charge in [0, 0.05) is 49.6 Å². The van der Waals surface area contributed by atoms with Gasteiger partial charge < -0.3 is 0 Å². The Labute approximate surface area is 178 Å². The molecule has 1 aliphatic heterocycles. The highest BCUT2D eigenvalue weighted by atomic mass is 32.2. The van der Waals surface area contributed by atoms with E-state index in [1.165, 1.54) is 12.1 Å². The number of hydrogen-bond acceptors (Lipinski definition) is 7. The number of nitrogens with zero attached hydrogens (tertiary/aromatic N) is 5. The lowest BCUT2D eigenvalue weighted by Gasteiger charge is -2.17. The van der Waals surface area contributed by atoms with E-state index in [2.05, 4.69) is 20.8 Å². The summed E-state index contributed by atoms with van der Waals surface area (Å²) in [6.45, 7) is 3.38. The Morgan fingerprint density at radius 3 is 2.90 bits per heavy atom. The highest BCUT2D eigenvalue weighted by Crippen LogP contribution is 2.24. The van der Waals surface area contributed by atoms with Crippen molar-refractivity contribution >= 4 is 21.2 Å². The molecule has 1 aliphatic rings. The van der Waals surface area contributed by atoms with Gasteiger partial charge in [0.25, 0.3) is 5.69 Å². The lowest BCUT2D eigenvalue weighted by molar-refractivity contribution is -0.385. The molecule has 1 N–H and O–H groups in total. The van der Waals surface area contributed by atoms with Crippen molar-refractivity contribution in [1.82, 2.24) is 19.2 Å². The van der Waals surface area contributed by atoms with Crippen LogP contribution in [0.2, 0.25) is 0 Å². The summed E-state index contributed by atoms with van der Waals surface area (Å²) in [7, 11) is -3.89. The average Bonchev–Trinajstić information content (AvgIpc) is 3.34. The van der Waals surface area contributed by atoms with E-state index in [0.29, 0.717) is 37.2 Å². The Morgan fingerprint density at radius 1 is 1.35 bits per heavy atom. The fourth-order valence-corrected chi connectivity index (χ4v) is 5.34. The first-order valence-electron chi connectivity index (χ1n) is 9.63. The van der Waals surface area contributed by atoms with Crippen molar-refractivity contribution in [3.05, 3.63) is 69.5 Å². The molecule has 4 rings (SSSR count). The van der Waals surface area contributed by atoms with Gasteiger partial charge in [0.1, 0.15) is 0 Å². The predicted octanol–water partition coefficient (Wildman–Crippen LogP) is 1.98. The molecule has 0 amide bonds. The van der Waals surface area contributed by atoms with Gasteiger partial charge in [0.15, 0.2) is 0 Å². The summed E-state index contributed by atoms with van der Waals surface area (Å²) in [5.41, 5.74) is 2.54. The smallest absolute Gasteiger partial charge is 0.270 e. The third-order valence-corrected chi connectivity index (χ3v) is 7.05. The minimum atomic E-state index is -3.89. The van der Waals surface area contributed by atoms with Crippen LogP contribution in [-0.4, -0.2) is 47.0 Å². The van der Waals surface area contributed by atoms with Crippen LogP contribution in [0.4, 0.5) is 5.69 Å². The maximum absolute atomic E-state index is 12.9. The number of sulfonamides is 1. The quantitative estimate of drug-likeness (QED) is 0.457. The number of aromatic nitrogens is 2. The number of pyridine rings is 1. The molecule has 10 nitrogen and oxygen atoms in total. The molecule has 1 fully saturated rings. The van der Waals surface area contributed by atoms with Crippen molar-refractivity contribution in [1.29, 1.82) is 5.26 Å². The van der Waals surface area contributed by atoms with E-state index in [1.807, 2.05) is 0 Å². The van der Waals surface area contributed by atoms with Gasteiger partial charge in [-0.25, -0.2) is 17.7 Å². The first kappa shape index (κ1) is 20.9. The number of benzene rings is 1. The number of nitro benzene ring substituents is 1. The molecule has 0 bridgehead atoms. The second-order valence-electron chi connectivity index (χ2n) is 7.58. The molecule has 0 radical (unpaired) electrons. The number of aryl methyl sites for hydroxylation is 1. The minimum Gasteiger partial charge on any atom is -0.297 e. The average molecular weight is 440 g/mol. The second-order valence-corrected chi connectivity index (χ2v) is 9.26. The van der Waals surface area contributed by atoms with Crippen molar-refractivity contribution in [3.63, 3.8) is 0 Å². The van der Waals surface area contributed by atoms with Crippen LogP contribution in [0.5, 0.6) is 0 Å². The number of likely N-dealkylation sites (tertiary alicyclic amines) is 1. The molecule has 1 aromatic carbocycles. The highest BCUT2D eigenvalue weighted by molar-refractivity contribution is 7.89. The van der Waals surface area contributed by atoms with Gasteiger partial charge in [0.2, 0.25) is 10.0 Å². The largest absolute Gasteiger partial charge is 0.297 e. The van der Waals surface area contributed by atoms with Gasteiger partial charge in [-0.3, -0.25) is 15.0 Å². The highest BCUT2D eigenvalue weighted by Gasteiger charge is 2.29. The number of hydrogen-bond donors (Lipinski definition) is 1. The molecular weight excluding hydrogens is 420 g/mol. The Kier molecular flexibility index (Phi) is 5.45. The van der Waals surface area contributed by atoms with Gasteiger partial charge in [0.05, 0.1) is 33.2 Å². The number of non-ortho nitro benzene ring substituents is 1. The number of nitro groups is 1. The first-order chi connectivity index (χ1) is 14.8. The zero-order valence-corrected chi connectivity index (χ0v) is 17.5. The standard InChI is InChI=1S/C20H20N6O4S/c1-14-2-3-18(26(27)28)9-20(14)31(29,30)23-17-5-6-24(13-17)12-16-11-22-25-7-4-15(10-21)8-19(16)25/h2-4,7-9,11,17,23H,5-6,12-13H2,1H3/t17-/m0/s1. The molecule has 31 heavy (non-hydrogen) atoms. The van der Waals surface area contributed by atoms with Crippen LogP contribution >= 0.6 is 0 Å². The fourth-order valence-electron chi connectivity index (χ4n) is 3.81. The SMILES string of the molecule is Cc1ccc([N+](=O)[O-])cc1S(=O)(=O)N[C@H]1CCN(Cc2cnn3ccc(C#N)cc23)C1. The van der Waals surface area contributed by atoms with Crippen molar-refractivity contribution < 1.29 is 13.3 Å². The summed E-state index contributed by atoms with van der Waals surface area (Å²) in [5.74, 6) is 0. The Morgan fingerprint density at radius 2 is 2.16 bits per heavy atom. The van der Waals surface area contributed by atoms with E-state index in [0.717, 1.165) is 17.1 Å². The van der Waals surface area contributed by atoms with Crippen LogP contribution in [0.1, 0.15) is 23.1 Å². The number of rotatable bonds is 6. The summed E-state index contributed by atoms with van der Waals surface area (Å²) in [5, 5.41) is 24.4. The van der Waals surface area contributed by atoms with Gasteiger partial charge in [-0.05, 0) is 31.0 Å². The van der Waals surface area contributed by atoms with E-state index in [9.17, 15) is 18.5 Å². The summed E-state index contributed by atoms with van der Waals surface area (Å²) in [4.78, 5) is 12.5. The molecule has 1 atom stereocenters. The molecule has 160 valence electrons. The molecule has 3 aromatic rings. The fraction of sp³-hybridized carbons (Fsp3) is 0.300. The molecule has 0 aliphatic carbocycles. The third kappa shape index (κ3) is 4.27. The lowest BCUT2D eigenvalue weighted by Crippen LogP contribution is -2.37. The zero-order chi connectivity index (χ0) is 22.2. The Hall–Kier alpha value is -3.33. The molecule has 3 heterocycles. The second kappa shape index (κ2) is 8.07. The minimum absolute atomic E-state index is 0.0770. The van der Waals surface area contributed by atoms with Crippen molar-refractivity contribution in [2.45, 2.75) is 30.8 Å². The molecule has 0 spiro atoms. The van der Waals surface area contributed by atoms with Gasteiger partial charge in [-0.1, -0.05) is 6.07 Å². The third-order valence-electron chi connectivity index (χ3n) is 5.39. The predicted molar refractivity (Wildman–Crippen MR) is 112 cm³/mol. The Balaban J connectivity index is 1.47. The van der Waals surface area contributed by atoms with E-state index in [4.69, 9.17) is 5.26 Å². The normalized spacial score (nSPS) is 17.1. The van der Waals surface area contributed by atoms with Crippen molar-refractivity contribution in [2.75, 3.05) is 13.1 Å². The summed E-state index contributed by atoms with van der Waals surface area (Å²) in [6.07, 6.45) is 4.11. The maximum Gasteiger partial charge on any atom is 0.270 e. The van der Waals surface area contributed by atoms with Crippen molar-refractivity contribution in [2.24, 2.45) is 0 Å². The van der Waals surface area contributed by atoms with Crippen LogP contribution < -0.4 is 4.72 Å². The van der Waals surface area contributed by atoms with Crippen LogP contribution in [0.15, 0.2) is 47.6 Å². The summed E-state index contributed by atoms with van der Waals surface area (Å²) in [6, 6.07) is 9.11. The zero-order valence-electron chi connectivity index (χ0n) is 16.7. The van der Waals surface area contributed by atoms with E-state index in [1.54, 1.807) is 36.0 Å². The molecule has 2 aromatic heterocycles. The number of nitrogens with one attached hydrogen (secondary N) is 1. The van der Waals surface area contributed by atoms with Gasteiger partial charge in [-0.15, -0.1) is 0 Å². The van der Waals surface area contributed by atoms with Crippen molar-refractivity contribution in [3.8, 4) is 6.07 Å². The van der Waals surface area contributed by atoms with Gasteiger partial charge in [-0.2, -0.15) is 10.4 Å². The van der Waals surface area contributed by atoms with E-state index >= 15 is 0 Å². The monoisotopic (exact) mass is 440 g/mol. The first-order valence-corrected chi connectivity index (χ1v) is 11.1. The molecule has 0 unspecified atom stereocenters. The lowest BCUT2D eigenvalue weighted by atomic mass is 10.2. The van der Waals surface area contributed by atoms with Crippen LogP contribution in [0, 0.1) is 28.4 Å². The van der Waals surface area contributed by atoms with Crippen LogP contribution in [0.25, 0.3) is 5.52 Å².